The Morgan fingerprint density at radius 1 is 0.545 bits per heavy atom. The number of carbonyl (C=O) groups is 8. The highest BCUT2D eigenvalue weighted by Crippen LogP contribution is 2.59. The van der Waals surface area contributed by atoms with E-state index in [4.69, 9.17) is 18.9 Å². The molecule has 4 aliphatic carbocycles. The summed E-state index contributed by atoms with van der Waals surface area (Å²) in [4.78, 5) is 126. The first kappa shape index (κ1) is 79.3. The number of benzene rings is 2. The zero-order valence-electron chi connectivity index (χ0n) is 65.0. The summed E-state index contributed by atoms with van der Waals surface area (Å²) in [5.41, 5.74) is -2.52. The van der Waals surface area contributed by atoms with Gasteiger partial charge in [-0.05, 0) is 192 Å². The molecule has 592 valence electrons. The van der Waals surface area contributed by atoms with Gasteiger partial charge in [0.05, 0.1) is 92.0 Å². The Kier molecular flexibility index (Phi) is 21.6. The smallest absolute Gasteiger partial charge is 0.307 e. The predicted molar refractivity (Wildman–Crippen MR) is 406 cm³/mol. The van der Waals surface area contributed by atoms with Gasteiger partial charge in [0.1, 0.15) is 36.1 Å². The van der Waals surface area contributed by atoms with Gasteiger partial charge in [-0.25, -0.2) is 16.8 Å². The van der Waals surface area contributed by atoms with E-state index >= 15 is 0 Å². The van der Waals surface area contributed by atoms with E-state index in [9.17, 15) is 55.2 Å². The minimum atomic E-state index is -3.96. The lowest BCUT2D eigenvalue weighted by Crippen LogP contribution is -2.48. The second kappa shape index (κ2) is 30.0. The number of sulfonamides is 2. The molecule has 4 amide bonds. The number of allylic oxidation sites excluding steroid dienone is 4. The highest BCUT2D eigenvalue weighted by atomic mass is 32.2. The van der Waals surface area contributed by atoms with Gasteiger partial charge in [-0.15, -0.1) is 20.4 Å². The number of hydrogen-bond acceptors (Lipinski definition) is 22. The van der Waals surface area contributed by atoms with Crippen molar-refractivity contribution < 1.29 is 74.1 Å². The molecule has 6 fully saturated rings. The van der Waals surface area contributed by atoms with Crippen molar-refractivity contribution in [2.24, 2.45) is 58.2 Å². The van der Waals surface area contributed by atoms with Crippen LogP contribution >= 0.6 is 0 Å². The molecule has 4 aromatic heterocycles. The molecule has 8 aliphatic rings. The number of Topliss-reactive ketones (excluding diaryl/α,β-unsaturated/α-hetero) is 2. The Bertz CT molecular complexity index is 4620. The second-order valence-electron chi connectivity index (χ2n) is 35.3. The molecule has 2 N–H and O–H groups in total. The molecule has 8 heterocycles. The number of nitrogens with zero attached hydrogens (tertiary/aromatic N) is 10. The molecule has 0 bridgehead atoms. The van der Waals surface area contributed by atoms with Crippen LogP contribution in [0.15, 0.2) is 85.5 Å². The normalized spacial score (nSPS) is 30.5. The topological polar surface area (TPSA) is 358 Å². The number of para-hydroxylation sites is 2. The van der Waals surface area contributed by atoms with Crippen LogP contribution in [0.3, 0.4) is 0 Å². The first-order chi connectivity index (χ1) is 51.8. The van der Waals surface area contributed by atoms with Crippen molar-refractivity contribution >= 4 is 101 Å². The lowest BCUT2D eigenvalue weighted by molar-refractivity contribution is -0.160. The SMILES string of the molecule is C[C@@H]1CC/C=C\[C@@H]2C[C@@]2(C(=O)NS(=O)(=O)C2(C)CC2)CC(=O)[C@@H]2C[C@@H](Oc3nc4nncn4c4ccccc34)CN2C(=O)[C@@H](CC(=O)OC(C)(C)C)[C@H](C)C1.C[C@H]1CC/C=C\[C@@H]2C[C@@]2(C(=O)NS(=O)(=O)C2(C)CC2)CC(=O)[C@@H]2C[C@@H](Oc3nc4nncn4c4ccccc34)CN2C(=O)[C@@H](CC(=O)OC(C)(C)C)[C@H](C)C1. The summed E-state index contributed by atoms with van der Waals surface area (Å²) in [5.74, 6) is -4.87. The van der Waals surface area contributed by atoms with Gasteiger partial charge in [0, 0.05) is 25.7 Å². The fourth-order valence-electron chi connectivity index (χ4n) is 16.8. The molecule has 2 aromatic carbocycles. The highest BCUT2D eigenvalue weighted by molar-refractivity contribution is 7.92. The maximum atomic E-state index is 14.9. The van der Waals surface area contributed by atoms with Crippen LogP contribution in [-0.4, -0.2) is 171 Å². The standard InChI is InChI=1S/2C40H52N6O8S/c2*1-24-11-7-8-12-26-20-40(26,36(50)44-55(51,52)39(6)15-16-39)21-32(47)31-18-27(53-34-28-13-9-10-14-30(28)46-23-41-43-37(46)42-34)22-45(31)35(49)29(25(2)17-24)19-33(48)54-38(3,4)5/h2*8-10,12-14,23-27,29,31H,7,11,15-22H2,1-6H3,(H,44,50)/b2*12-8-/t24-,25+,26+,27+,29-,31-,40+;24-,25-,26-,27-,29+,31+,40-/m01/s1. The van der Waals surface area contributed by atoms with Crippen LogP contribution in [0.1, 0.15) is 199 Å². The number of rotatable bonds is 14. The van der Waals surface area contributed by atoms with Gasteiger partial charge in [-0.1, -0.05) is 76.3 Å². The number of nitrogens with one attached hydrogen (secondary N) is 2. The molecule has 6 aromatic rings. The van der Waals surface area contributed by atoms with Crippen LogP contribution in [0.4, 0.5) is 0 Å². The van der Waals surface area contributed by atoms with E-state index in [0.717, 1.165) is 23.9 Å². The zero-order valence-corrected chi connectivity index (χ0v) is 66.6. The molecule has 14 rings (SSSR count). The summed E-state index contributed by atoms with van der Waals surface area (Å²) < 4.78 is 83.6. The molecular formula is C80H104N12O16S2. The Hall–Kier alpha value is -8.80. The van der Waals surface area contributed by atoms with E-state index in [2.05, 4.69) is 53.7 Å². The lowest BCUT2D eigenvalue weighted by atomic mass is 9.82. The monoisotopic (exact) mass is 1550 g/mol. The first-order valence-corrected chi connectivity index (χ1v) is 41.8. The van der Waals surface area contributed by atoms with Crippen molar-refractivity contribution in [3.63, 3.8) is 0 Å². The van der Waals surface area contributed by atoms with Crippen LogP contribution in [-0.2, 0) is 67.9 Å². The summed E-state index contributed by atoms with van der Waals surface area (Å²) in [6.07, 6.45) is 15.9. The molecule has 28 nitrogen and oxygen atoms in total. The van der Waals surface area contributed by atoms with E-state index < -0.39 is 111 Å². The third kappa shape index (κ3) is 16.7. The number of fused-ring (bicyclic) bond motifs is 10. The Balaban J connectivity index is 0.000000193. The van der Waals surface area contributed by atoms with Gasteiger partial charge in [0.25, 0.3) is 11.6 Å². The summed E-state index contributed by atoms with van der Waals surface area (Å²) in [5, 5.41) is 17.6. The molecule has 14 atom stereocenters. The minimum Gasteiger partial charge on any atom is -0.472 e. The van der Waals surface area contributed by atoms with Gasteiger partial charge < -0.3 is 28.7 Å². The fourth-order valence-corrected chi connectivity index (χ4v) is 19.4. The van der Waals surface area contributed by atoms with E-state index in [1.54, 1.807) is 76.8 Å². The van der Waals surface area contributed by atoms with E-state index in [0.29, 0.717) is 86.5 Å². The zero-order chi connectivity index (χ0) is 79.0. The second-order valence-corrected chi connectivity index (χ2v) is 39.7. The molecule has 110 heavy (non-hydrogen) atoms. The Labute approximate surface area is 641 Å². The number of ketones is 2. The minimum absolute atomic E-state index is 0.0332. The Morgan fingerprint density at radius 3 is 1.28 bits per heavy atom. The molecule has 0 radical (unpaired) electrons. The maximum absolute atomic E-state index is 14.9. The highest BCUT2D eigenvalue weighted by Gasteiger charge is 2.65. The number of ether oxygens (including phenoxy) is 4. The third-order valence-corrected chi connectivity index (χ3v) is 28.3. The molecule has 2 saturated heterocycles. The average Bonchev–Trinajstić information content (AvgIpc) is 1.57. The number of esters is 2. The molecule has 0 spiro atoms. The van der Waals surface area contributed by atoms with Crippen molar-refractivity contribution in [2.75, 3.05) is 13.1 Å². The number of carbonyl (C=O) groups excluding carboxylic acids is 8. The van der Waals surface area contributed by atoms with Gasteiger partial charge in [-0.3, -0.25) is 56.6 Å². The van der Waals surface area contributed by atoms with Crippen LogP contribution < -0.4 is 18.9 Å². The maximum Gasteiger partial charge on any atom is 0.307 e. The molecular weight excluding hydrogens is 1450 g/mol. The predicted octanol–water partition coefficient (Wildman–Crippen LogP) is 9.90. The molecule has 30 heteroatoms. The average molecular weight is 1550 g/mol. The quantitative estimate of drug-likeness (QED) is 0.0756. The summed E-state index contributed by atoms with van der Waals surface area (Å²) in [7, 11) is -7.91. The molecule has 4 aliphatic heterocycles. The van der Waals surface area contributed by atoms with Gasteiger partial charge in [0.2, 0.25) is 55.4 Å². The number of amides is 4. The van der Waals surface area contributed by atoms with Gasteiger partial charge in [0.15, 0.2) is 11.6 Å². The molecule has 4 saturated carbocycles. The Morgan fingerprint density at radius 2 is 0.918 bits per heavy atom. The fraction of sp³-hybridized carbons (Fsp3) is 0.625. The van der Waals surface area contributed by atoms with Crippen molar-refractivity contribution in [3.05, 3.63) is 85.5 Å². The van der Waals surface area contributed by atoms with Gasteiger partial charge >= 0.3 is 11.9 Å². The summed E-state index contributed by atoms with van der Waals surface area (Å²) >= 11 is 0. The number of hydrogen-bond donors (Lipinski definition) is 2. The van der Waals surface area contributed by atoms with Crippen LogP contribution in [0, 0.1) is 58.2 Å². The molecule has 0 unspecified atom stereocenters. The summed E-state index contributed by atoms with van der Waals surface area (Å²) in [6.45, 7) is 22.1. The van der Waals surface area contributed by atoms with Crippen molar-refractivity contribution in [2.45, 2.75) is 244 Å². The lowest BCUT2D eigenvalue weighted by Gasteiger charge is -2.32. The number of aromatic nitrogens is 8. The third-order valence-electron chi connectivity index (χ3n) is 24.0. The van der Waals surface area contributed by atoms with Crippen molar-refractivity contribution in [3.8, 4) is 11.8 Å². The summed E-state index contributed by atoms with van der Waals surface area (Å²) in [6, 6.07) is 13.0. The van der Waals surface area contributed by atoms with E-state index in [1.165, 1.54) is 9.80 Å². The van der Waals surface area contributed by atoms with E-state index in [-0.39, 0.29) is 122 Å². The van der Waals surface area contributed by atoms with Crippen LogP contribution in [0.5, 0.6) is 11.8 Å². The van der Waals surface area contributed by atoms with Crippen LogP contribution in [0.2, 0.25) is 0 Å². The largest absolute Gasteiger partial charge is 0.472 e. The van der Waals surface area contributed by atoms with E-state index in [1.807, 2.05) is 86.7 Å². The van der Waals surface area contributed by atoms with Gasteiger partial charge in [-0.2, -0.15) is 9.97 Å². The first-order valence-electron chi connectivity index (χ1n) is 38.9. The van der Waals surface area contributed by atoms with Crippen LogP contribution in [0.25, 0.3) is 33.4 Å². The van der Waals surface area contributed by atoms with Crippen molar-refractivity contribution in [1.29, 1.82) is 0 Å². The van der Waals surface area contributed by atoms with Crippen molar-refractivity contribution in [1.82, 2.24) is 58.4 Å².